The zero-order valence-electron chi connectivity index (χ0n) is 6.74. The lowest BCUT2D eigenvalue weighted by atomic mass is 9.98. The van der Waals surface area contributed by atoms with E-state index in [4.69, 9.17) is 0 Å². The van der Waals surface area contributed by atoms with Crippen LogP contribution in [0.2, 0.25) is 0 Å². The van der Waals surface area contributed by atoms with E-state index in [0.29, 0.717) is 4.83 Å². The molecule has 0 bridgehead atoms. The third-order valence-electron chi connectivity index (χ3n) is 1.84. The average Bonchev–Trinajstić information content (AvgIpc) is 1.99. The quantitative estimate of drug-likeness (QED) is 0.664. The Morgan fingerprint density at radius 1 is 1.30 bits per heavy atom. The molecule has 0 aromatic carbocycles. The molecule has 0 aliphatic carbocycles. The van der Waals surface area contributed by atoms with Gasteiger partial charge in [-0.15, -0.1) is 0 Å². The molecule has 10 heavy (non-hydrogen) atoms. The lowest BCUT2D eigenvalue weighted by Crippen LogP contribution is -2.14. The van der Waals surface area contributed by atoms with Crippen LogP contribution in [0.1, 0.15) is 33.1 Å². The predicted molar refractivity (Wildman–Crippen MR) is 55.2 cm³/mol. The van der Waals surface area contributed by atoms with E-state index in [-0.39, 0.29) is 0 Å². The third kappa shape index (κ3) is 3.97. The molecule has 2 atom stereocenters. The Kier molecular flexibility index (Phi) is 7.30. The van der Waals surface area contributed by atoms with Crippen molar-refractivity contribution in [3.8, 4) is 0 Å². The molecule has 2 heteroatoms. The van der Waals surface area contributed by atoms with E-state index in [1.165, 1.54) is 19.3 Å². The summed E-state index contributed by atoms with van der Waals surface area (Å²) in [7, 11) is 0. The van der Waals surface area contributed by atoms with Crippen molar-refractivity contribution in [1.29, 1.82) is 0 Å². The minimum absolute atomic E-state index is 0.664. The van der Waals surface area contributed by atoms with Crippen LogP contribution >= 0.6 is 31.9 Å². The van der Waals surface area contributed by atoms with E-state index in [9.17, 15) is 0 Å². The summed E-state index contributed by atoms with van der Waals surface area (Å²) in [6, 6.07) is 0. The maximum absolute atomic E-state index is 3.66. The van der Waals surface area contributed by atoms with Crippen molar-refractivity contribution >= 4 is 31.9 Å². The first-order chi connectivity index (χ1) is 4.76. The Bertz CT molecular complexity index is 73.7. The summed E-state index contributed by atoms with van der Waals surface area (Å²) in [6.45, 7) is 4.51. The molecule has 0 N–H and O–H groups in total. The van der Waals surface area contributed by atoms with Gasteiger partial charge in [0, 0.05) is 10.2 Å². The molecule has 0 fully saturated rings. The standard InChI is InChI=1S/C8H16Br2/c1-3-5-7(4-2)8(10)6-9/h7-8H,3-6H2,1-2H3. The molecule has 0 heterocycles. The van der Waals surface area contributed by atoms with E-state index < -0.39 is 0 Å². The van der Waals surface area contributed by atoms with Gasteiger partial charge in [0.05, 0.1) is 0 Å². The molecule has 62 valence electrons. The number of halogens is 2. The fourth-order valence-electron chi connectivity index (χ4n) is 1.14. The number of hydrogen-bond acceptors (Lipinski definition) is 0. The molecule has 0 aromatic heterocycles. The van der Waals surface area contributed by atoms with Crippen LogP contribution < -0.4 is 0 Å². The van der Waals surface area contributed by atoms with Crippen molar-refractivity contribution in [3.63, 3.8) is 0 Å². The first-order valence-electron chi connectivity index (χ1n) is 3.96. The molecule has 0 saturated heterocycles. The van der Waals surface area contributed by atoms with Gasteiger partial charge in [-0.25, -0.2) is 0 Å². The Hall–Kier alpha value is 0.960. The van der Waals surface area contributed by atoms with E-state index in [1.54, 1.807) is 0 Å². The molecule has 2 unspecified atom stereocenters. The highest BCUT2D eigenvalue weighted by atomic mass is 79.9. The van der Waals surface area contributed by atoms with Crippen LogP contribution in [0.5, 0.6) is 0 Å². The second-order valence-electron chi connectivity index (χ2n) is 2.63. The maximum atomic E-state index is 3.66. The molecule has 0 nitrogen and oxygen atoms in total. The van der Waals surface area contributed by atoms with E-state index in [1.807, 2.05) is 0 Å². The molecule has 0 aliphatic heterocycles. The van der Waals surface area contributed by atoms with Crippen molar-refractivity contribution < 1.29 is 0 Å². The van der Waals surface area contributed by atoms with Gasteiger partial charge in [-0.2, -0.15) is 0 Å². The summed E-state index contributed by atoms with van der Waals surface area (Å²) in [4.78, 5) is 0.664. The second-order valence-corrected chi connectivity index (χ2v) is 4.45. The molecule has 0 amide bonds. The van der Waals surface area contributed by atoms with Crippen molar-refractivity contribution in [2.75, 3.05) is 5.33 Å². The second kappa shape index (κ2) is 6.66. The lowest BCUT2D eigenvalue weighted by Gasteiger charge is -2.17. The summed E-state index contributed by atoms with van der Waals surface area (Å²) in [5.74, 6) is 0.851. The van der Waals surface area contributed by atoms with E-state index in [0.717, 1.165) is 11.2 Å². The fraction of sp³-hybridized carbons (Fsp3) is 1.00. The highest BCUT2D eigenvalue weighted by Gasteiger charge is 2.13. The smallest absolute Gasteiger partial charge is 0.0270 e. The zero-order valence-corrected chi connectivity index (χ0v) is 9.91. The number of alkyl halides is 2. The molecule has 0 aliphatic rings. The average molecular weight is 272 g/mol. The Balaban J connectivity index is 3.56. The number of rotatable bonds is 5. The highest BCUT2D eigenvalue weighted by molar-refractivity contribution is 9.12. The van der Waals surface area contributed by atoms with Crippen molar-refractivity contribution in [1.82, 2.24) is 0 Å². The van der Waals surface area contributed by atoms with Crippen LogP contribution in [0.4, 0.5) is 0 Å². The van der Waals surface area contributed by atoms with Gasteiger partial charge < -0.3 is 0 Å². The summed E-state index contributed by atoms with van der Waals surface area (Å²) >= 11 is 7.14. The summed E-state index contributed by atoms with van der Waals surface area (Å²) < 4.78 is 0. The minimum Gasteiger partial charge on any atom is -0.0916 e. The van der Waals surface area contributed by atoms with Gasteiger partial charge in [0.2, 0.25) is 0 Å². The predicted octanol–water partition coefficient (Wildman–Crippen LogP) is 3.97. The van der Waals surface area contributed by atoms with Crippen molar-refractivity contribution in [3.05, 3.63) is 0 Å². The van der Waals surface area contributed by atoms with Gasteiger partial charge in [0.1, 0.15) is 0 Å². The number of hydrogen-bond donors (Lipinski definition) is 0. The van der Waals surface area contributed by atoms with Gasteiger partial charge >= 0.3 is 0 Å². The van der Waals surface area contributed by atoms with Crippen LogP contribution in [0.15, 0.2) is 0 Å². The van der Waals surface area contributed by atoms with E-state index in [2.05, 4.69) is 45.7 Å². The Morgan fingerprint density at radius 3 is 2.20 bits per heavy atom. The largest absolute Gasteiger partial charge is 0.0916 e. The first-order valence-corrected chi connectivity index (χ1v) is 5.99. The summed E-state index contributed by atoms with van der Waals surface area (Å²) in [5.41, 5.74) is 0. The molecule has 0 radical (unpaired) electrons. The lowest BCUT2D eigenvalue weighted by molar-refractivity contribution is 0.470. The summed E-state index contributed by atoms with van der Waals surface area (Å²) in [5, 5.41) is 1.07. The van der Waals surface area contributed by atoms with Gasteiger partial charge in [-0.05, 0) is 12.3 Å². The third-order valence-corrected chi connectivity index (χ3v) is 4.48. The summed E-state index contributed by atoms with van der Waals surface area (Å²) in [6.07, 6.45) is 3.93. The minimum atomic E-state index is 0.664. The molecular formula is C8H16Br2. The van der Waals surface area contributed by atoms with Gasteiger partial charge in [-0.3, -0.25) is 0 Å². The Labute approximate surface area is 81.0 Å². The van der Waals surface area contributed by atoms with Crippen molar-refractivity contribution in [2.24, 2.45) is 5.92 Å². The van der Waals surface area contributed by atoms with Crippen LogP contribution in [0.3, 0.4) is 0 Å². The molecular weight excluding hydrogens is 256 g/mol. The van der Waals surface area contributed by atoms with Gasteiger partial charge in [0.25, 0.3) is 0 Å². The molecule has 0 aromatic rings. The van der Waals surface area contributed by atoms with Crippen LogP contribution in [-0.2, 0) is 0 Å². The topological polar surface area (TPSA) is 0 Å². The molecule has 0 rings (SSSR count). The van der Waals surface area contributed by atoms with Crippen LogP contribution in [0, 0.1) is 5.92 Å². The highest BCUT2D eigenvalue weighted by Crippen LogP contribution is 2.23. The molecule has 0 spiro atoms. The molecule has 0 saturated carbocycles. The van der Waals surface area contributed by atoms with Gasteiger partial charge in [0.15, 0.2) is 0 Å². The zero-order chi connectivity index (χ0) is 7.98. The van der Waals surface area contributed by atoms with Crippen molar-refractivity contribution in [2.45, 2.75) is 37.9 Å². The Morgan fingerprint density at radius 2 is 1.90 bits per heavy atom. The fourth-order valence-corrected chi connectivity index (χ4v) is 2.30. The SMILES string of the molecule is CCCC(CC)C(Br)CBr. The van der Waals surface area contributed by atoms with Crippen LogP contribution in [-0.4, -0.2) is 10.2 Å². The van der Waals surface area contributed by atoms with E-state index >= 15 is 0 Å². The monoisotopic (exact) mass is 270 g/mol. The van der Waals surface area contributed by atoms with Crippen LogP contribution in [0.25, 0.3) is 0 Å². The van der Waals surface area contributed by atoms with Gasteiger partial charge in [-0.1, -0.05) is 58.5 Å². The first kappa shape index (κ1) is 11.0. The maximum Gasteiger partial charge on any atom is 0.0270 e. The normalized spacial score (nSPS) is 16.8.